The molecule has 4 rings (SSSR count). The molecule has 3 aromatic rings. The largest absolute Gasteiger partial charge is 0.353 e. The minimum atomic E-state index is -0.447. The average Bonchev–Trinajstić information content (AvgIpc) is 3.01. The van der Waals surface area contributed by atoms with E-state index in [1.807, 2.05) is 16.7 Å². The third-order valence-electron chi connectivity index (χ3n) is 5.54. The number of hydrogen-bond donors (Lipinski definition) is 2. The van der Waals surface area contributed by atoms with Crippen molar-refractivity contribution in [1.29, 1.82) is 0 Å². The SMILES string of the molecule is Cc1ccccc1Cn1c(NC2CCCCC2)nc2c1c(=O)[nH]c(=O)n2C. The summed E-state index contributed by atoms with van der Waals surface area (Å²) in [6.07, 6.45) is 5.88. The highest BCUT2D eigenvalue weighted by Gasteiger charge is 2.21. The third-order valence-corrected chi connectivity index (χ3v) is 5.54. The number of imidazole rings is 1. The first-order valence-corrected chi connectivity index (χ1v) is 9.55. The molecular weight excluding hydrogens is 342 g/mol. The predicted molar refractivity (Wildman–Crippen MR) is 106 cm³/mol. The number of benzene rings is 1. The Kier molecular flexibility index (Phi) is 4.59. The van der Waals surface area contributed by atoms with E-state index >= 15 is 0 Å². The molecule has 142 valence electrons. The van der Waals surface area contributed by atoms with Gasteiger partial charge in [0.25, 0.3) is 5.56 Å². The van der Waals surface area contributed by atoms with Crippen molar-refractivity contribution in [3.63, 3.8) is 0 Å². The van der Waals surface area contributed by atoms with Gasteiger partial charge >= 0.3 is 5.69 Å². The van der Waals surface area contributed by atoms with Gasteiger partial charge in [-0.05, 0) is 30.9 Å². The molecule has 27 heavy (non-hydrogen) atoms. The number of aromatic nitrogens is 4. The molecule has 0 atom stereocenters. The van der Waals surface area contributed by atoms with Gasteiger partial charge in [-0.15, -0.1) is 0 Å². The van der Waals surface area contributed by atoms with Crippen molar-refractivity contribution >= 4 is 17.1 Å². The van der Waals surface area contributed by atoms with Gasteiger partial charge in [-0.25, -0.2) is 4.79 Å². The van der Waals surface area contributed by atoms with E-state index in [-0.39, 0.29) is 0 Å². The van der Waals surface area contributed by atoms with Gasteiger partial charge in [0.1, 0.15) is 0 Å². The highest BCUT2D eigenvalue weighted by atomic mass is 16.2. The summed E-state index contributed by atoms with van der Waals surface area (Å²) >= 11 is 0. The van der Waals surface area contributed by atoms with Crippen molar-refractivity contribution in [2.24, 2.45) is 7.05 Å². The van der Waals surface area contributed by atoms with Crippen LogP contribution in [-0.2, 0) is 13.6 Å². The fourth-order valence-corrected chi connectivity index (χ4v) is 3.89. The number of anilines is 1. The van der Waals surface area contributed by atoms with Crippen LogP contribution in [0.1, 0.15) is 43.2 Å². The second kappa shape index (κ2) is 7.06. The highest BCUT2D eigenvalue weighted by molar-refractivity contribution is 5.74. The molecular formula is C20H25N5O2. The third kappa shape index (κ3) is 3.29. The van der Waals surface area contributed by atoms with Gasteiger partial charge in [-0.1, -0.05) is 43.5 Å². The summed E-state index contributed by atoms with van der Waals surface area (Å²) in [4.78, 5) is 31.7. The molecule has 2 heterocycles. The van der Waals surface area contributed by atoms with Crippen LogP contribution >= 0.6 is 0 Å². The molecule has 0 unspecified atom stereocenters. The number of nitrogens with zero attached hydrogens (tertiary/aromatic N) is 3. The van der Waals surface area contributed by atoms with Crippen LogP contribution in [0.2, 0.25) is 0 Å². The van der Waals surface area contributed by atoms with Crippen LogP contribution in [0.4, 0.5) is 5.95 Å². The van der Waals surface area contributed by atoms with E-state index in [0.717, 1.165) is 24.0 Å². The molecule has 1 aromatic carbocycles. The van der Waals surface area contributed by atoms with Gasteiger partial charge in [0.15, 0.2) is 11.2 Å². The summed E-state index contributed by atoms with van der Waals surface area (Å²) in [5.74, 6) is 0.659. The van der Waals surface area contributed by atoms with Crippen LogP contribution < -0.4 is 16.6 Å². The molecule has 0 amide bonds. The van der Waals surface area contributed by atoms with Crippen LogP contribution in [0, 0.1) is 6.92 Å². The molecule has 0 aliphatic heterocycles. The van der Waals surface area contributed by atoms with E-state index in [1.165, 1.54) is 23.8 Å². The Morgan fingerprint density at radius 1 is 1.19 bits per heavy atom. The van der Waals surface area contributed by atoms with Crippen LogP contribution in [-0.4, -0.2) is 25.1 Å². The topological polar surface area (TPSA) is 84.7 Å². The van der Waals surface area contributed by atoms with Crippen molar-refractivity contribution in [3.05, 3.63) is 56.2 Å². The molecule has 1 saturated carbocycles. The minimum absolute atomic E-state index is 0.349. The fourth-order valence-electron chi connectivity index (χ4n) is 3.89. The Hall–Kier alpha value is -2.83. The predicted octanol–water partition coefficient (Wildman–Crippen LogP) is 2.52. The van der Waals surface area contributed by atoms with Crippen LogP contribution in [0.3, 0.4) is 0 Å². The monoisotopic (exact) mass is 367 g/mol. The maximum atomic E-state index is 12.6. The molecule has 1 aliphatic rings. The standard InChI is InChI=1S/C20H25N5O2/c1-13-8-6-7-9-14(13)12-25-16-17(24(2)20(27)23-18(16)26)22-19(25)21-15-10-4-3-5-11-15/h6-9,15H,3-5,10-12H2,1-2H3,(H,21,22)(H,23,26,27). The molecule has 2 N–H and O–H groups in total. The summed E-state index contributed by atoms with van der Waals surface area (Å²) in [6, 6.07) is 8.46. The summed E-state index contributed by atoms with van der Waals surface area (Å²) < 4.78 is 3.31. The number of rotatable bonds is 4. The van der Waals surface area contributed by atoms with Gasteiger partial charge < -0.3 is 5.32 Å². The quantitative estimate of drug-likeness (QED) is 0.742. The van der Waals surface area contributed by atoms with Crippen molar-refractivity contribution in [2.45, 2.75) is 51.6 Å². The smallest absolute Gasteiger partial charge is 0.329 e. The van der Waals surface area contributed by atoms with Gasteiger partial charge in [-0.2, -0.15) is 4.98 Å². The van der Waals surface area contributed by atoms with E-state index in [1.54, 1.807) is 7.05 Å². The molecule has 7 heteroatoms. The number of fused-ring (bicyclic) bond motifs is 1. The number of hydrogen-bond acceptors (Lipinski definition) is 4. The molecule has 1 aliphatic carbocycles. The van der Waals surface area contributed by atoms with Crippen LogP contribution in [0.15, 0.2) is 33.9 Å². The zero-order chi connectivity index (χ0) is 19.0. The first-order chi connectivity index (χ1) is 13.0. The molecule has 0 saturated heterocycles. The molecule has 0 bridgehead atoms. The first kappa shape index (κ1) is 17.6. The van der Waals surface area contributed by atoms with E-state index in [4.69, 9.17) is 0 Å². The van der Waals surface area contributed by atoms with E-state index < -0.39 is 11.2 Å². The summed E-state index contributed by atoms with van der Waals surface area (Å²) in [7, 11) is 1.64. The zero-order valence-electron chi connectivity index (χ0n) is 15.8. The van der Waals surface area contributed by atoms with E-state index in [9.17, 15) is 9.59 Å². The number of nitrogens with one attached hydrogen (secondary N) is 2. The van der Waals surface area contributed by atoms with Gasteiger partial charge in [0.2, 0.25) is 5.95 Å². The Balaban J connectivity index is 1.86. The molecule has 1 fully saturated rings. The minimum Gasteiger partial charge on any atom is -0.353 e. The van der Waals surface area contributed by atoms with Crippen LogP contribution in [0.25, 0.3) is 11.2 Å². The first-order valence-electron chi connectivity index (χ1n) is 9.55. The normalized spacial score (nSPS) is 15.3. The lowest BCUT2D eigenvalue weighted by Crippen LogP contribution is -2.29. The van der Waals surface area contributed by atoms with Crippen LogP contribution in [0.5, 0.6) is 0 Å². The van der Waals surface area contributed by atoms with Crippen molar-refractivity contribution in [2.75, 3.05) is 5.32 Å². The molecule has 0 radical (unpaired) electrons. The van der Waals surface area contributed by atoms with Crippen molar-refractivity contribution in [1.82, 2.24) is 19.1 Å². The lowest BCUT2D eigenvalue weighted by molar-refractivity contribution is 0.459. The second-order valence-electron chi connectivity index (χ2n) is 7.42. The van der Waals surface area contributed by atoms with Gasteiger partial charge in [0, 0.05) is 13.1 Å². The van der Waals surface area contributed by atoms with Gasteiger partial charge in [0.05, 0.1) is 6.54 Å². The summed E-state index contributed by atoms with van der Waals surface area (Å²) in [5, 5.41) is 3.54. The average molecular weight is 367 g/mol. The number of H-pyrrole nitrogens is 1. The summed E-state index contributed by atoms with van der Waals surface area (Å²) in [5.41, 5.74) is 2.28. The fraction of sp³-hybridized carbons (Fsp3) is 0.450. The molecule has 0 spiro atoms. The van der Waals surface area contributed by atoms with E-state index in [2.05, 4.69) is 34.3 Å². The molecule has 2 aromatic heterocycles. The zero-order valence-corrected chi connectivity index (χ0v) is 15.8. The lowest BCUT2D eigenvalue weighted by atomic mass is 9.96. The second-order valence-corrected chi connectivity index (χ2v) is 7.42. The Bertz CT molecular complexity index is 1090. The Labute approximate surface area is 157 Å². The maximum absolute atomic E-state index is 12.6. The Morgan fingerprint density at radius 3 is 2.67 bits per heavy atom. The Morgan fingerprint density at radius 2 is 1.93 bits per heavy atom. The maximum Gasteiger partial charge on any atom is 0.329 e. The lowest BCUT2D eigenvalue weighted by Gasteiger charge is -2.23. The molecule has 7 nitrogen and oxygen atoms in total. The number of aryl methyl sites for hydroxylation is 2. The van der Waals surface area contributed by atoms with Gasteiger partial charge in [-0.3, -0.25) is 18.9 Å². The van der Waals surface area contributed by atoms with Crippen molar-refractivity contribution in [3.8, 4) is 0 Å². The number of aromatic amines is 1. The van der Waals surface area contributed by atoms with E-state index in [0.29, 0.717) is 29.7 Å². The summed E-state index contributed by atoms with van der Waals surface area (Å²) in [6.45, 7) is 2.59. The van der Waals surface area contributed by atoms with Crippen molar-refractivity contribution < 1.29 is 0 Å². The highest BCUT2D eigenvalue weighted by Crippen LogP contribution is 2.24.